The van der Waals surface area contributed by atoms with Gasteiger partial charge in [0.05, 0.1) is 12.8 Å². The maximum absolute atomic E-state index is 13.3. The topological polar surface area (TPSA) is 64.2 Å². The normalized spacial score (nSPS) is 10.5. The number of halogens is 1. The Labute approximate surface area is 109 Å². The minimum absolute atomic E-state index is 0.167. The first-order valence-corrected chi connectivity index (χ1v) is 5.57. The van der Waals surface area contributed by atoms with Gasteiger partial charge in [0.2, 0.25) is 0 Å². The minimum Gasteiger partial charge on any atom is -0.496 e. The molecule has 2 aromatic rings. The van der Waals surface area contributed by atoms with Gasteiger partial charge in [-0.2, -0.15) is 0 Å². The molecule has 1 aromatic heterocycles. The Bertz CT molecular complexity index is 640. The van der Waals surface area contributed by atoms with Crippen molar-refractivity contribution in [3.8, 4) is 17.0 Å². The average Bonchev–Trinajstić information content (AvgIpc) is 2.38. The number of hydrogen-bond donors (Lipinski definition) is 1. The molecule has 0 saturated carbocycles. The molecule has 0 radical (unpaired) electrons. The molecule has 100 valence electrons. The number of hydrogen-bond acceptors (Lipinski definition) is 4. The van der Waals surface area contributed by atoms with Crippen molar-refractivity contribution >= 4 is 0 Å². The Morgan fingerprint density at radius 3 is 2.79 bits per heavy atom. The molecular formula is C13H13FN2O3. The zero-order valence-corrected chi connectivity index (χ0v) is 10.6. The van der Waals surface area contributed by atoms with Gasteiger partial charge in [0.15, 0.2) is 0 Å². The number of nitrogens with zero attached hydrogens (tertiary/aromatic N) is 1. The van der Waals surface area contributed by atoms with Crippen LogP contribution in [0.15, 0.2) is 29.1 Å². The number of ether oxygens (including phenoxy) is 2. The molecule has 0 aliphatic heterocycles. The van der Waals surface area contributed by atoms with Crippen molar-refractivity contribution in [1.29, 1.82) is 0 Å². The Hall–Kier alpha value is -2.21. The monoisotopic (exact) mass is 264 g/mol. The van der Waals surface area contributed by atoms with E-state index in [1.807, 2.05) is 0 Å². The zero-order chi connectivity index (χ0) is 13.8. The van der Waals surface area contributed by atoms with E-state index in [0.29, 0.717) is 22.8 Å². The molecule has 0 fully saturated rings. The lowest BCUT2D eigenvalue weighted by Gasteiger charge is -2.09. The van der Waals surface area contributed by atoms with Gasteiger partial charge in [-0.05, 0) is 18.2 Å². The van der Waals surface area contributed by atoms with Crippen molar-refractivity contribution in [1.82, 2.24) is 9.97 Å². The highest BCUT2D eigenvalue weighted by molar-refractivity contribution is 5.66. The van der Waals surface area contributed by atoms with Gasteiger partial charge in [-0.1, -0.05) is 0 Å². The number of aromatic nitrogens is 2. The summed E-state index contributed by atoms with van der Waals surface area (Å²) in [5.74, 6) is 0.394. The van der Waals surface area contributed by atoms with Crippen LogP contribution >= 0.6 is 0 Å². The van der Waals surface area contributed by atoms with Crippen molar-refractivity contribution in [2.75, 3.05) is 14.2 Å². The lowest BCUT2D eigenvalue weighted by atomic mass is 10.1. The third-order valence-corrected chi connectivity index (χ3v) is 2.51. The second-order valence-corrected chi connectivity index (χ2v) is 3.85. The van der Waals surface area contributed by atoms with Crippen molar-refractivity contribution in [2.45, 2.75) is 6.61 Å². The van der Waals surface area contributed by atoms with Gasteiger partial charge in [0.25, 0.3) is 5.56 Å². The largest absolute Gasteiger partial charge is 0.496 e. The predicted octanol–water partition coefficient (Wildman–Crippen LogP) is 1.73. The van der Waals surface area contributed by atoms with Crippen LogP contribution in [0.1, 0.15) is 5.82 Å². The summed E-state index contributed by atoms with van der Waals surface area (Å²) in [5, 5.41) is 0. The zero-order valence-electron chi connectivity index (χ0n) is 10.6. The molecule has 0 saturated heterocycles. The SMILES string of the molecule is COCc1nc(-c2cc(F)ccc2OC)cc(=O)[nH]1. The summed E-state index contributed by atoms with van der Waals surface area (Å²) in [6.07, 6.45) is 0. The highest BCUT2D eigenvalue weighted by Crippen LogP contribution is 2.28. The average molecular weight is 264 g/mol. The summed E-state index contributed by atoms with van der Waals surface area (Å²) in [6.45, 7) is 0.167. The van der Waals surface area contributed by atoms with E-state index < -0.39 is 5.82 Å². The Balaban J connectivity index is 2.57. The molecule has 6 heteroatoms. The predicted molar refractivity (Wildman–Crippen MR) is 67.5 cm³/mol. The smallest absolute Gasteiger partial charge is 0.251 e. The third-order valence-electron chi connectivity index (χ3n) is 2.51. The van der Waals surface area contributed by atoms with Gasteiger partial charge in [-0.15, -0.1) is 0 Å². The molecule has 2 rings (SSSR count). The van der Waals surface area contributed by atoms with E-state index in [1.54, 1.807) is 0 Å². The molecule has 1 N–H and O–H groups in total. The molecule has 19 heavy (non-hydrogen) atoms. The van der Waals surface area contributed by atoms with E-state index in [2.05, 4.69) is 9.97 Å². The summed E-state index contributed by atoms with van der Waals surface area (Å²) >= 11 is 0. The van der Waals surface area contributed by atoms with Crippen molar-refractivity contribution in [3.05, 3.63) is 46.3 Å². The molecule has 0 bridgehead atoms. The van der Waals surface area contributed by atoms with E-state index in [-0.39, 0.29) is 12.2 Å². The lowest BCUT2D eigenvalue weighted by molar-refractivity contribution is 0.177. The van der Waals surface area contributed by atoms with Crippen LogP contribution in [0.4, 0.5) is 4.39 Å². The molecule has 0 aliphatic carbocycles. The van der Waals surface area contributed by atoms with Crippen molar-refractivity contribution in [2.24, 2.45) is 0 Å². The summed E-state index contributed by atoms with van der Waals surface area (Å²) < 4.78 is 23.4. The fraction of sp³-hybridized carbons (Fsp3) is 0.231. The van der Waals surface area contributed by atoms with E-state index >= 15 is 0 Å². The van der Waals surface area contributed by atoms with Crippen LogP contribution in [-0.2, 0) is 11.3 Å². The Morgan fingerprint density at radius 1 is 1.32 bits per heavy atom. The van der Waals surface area contributed by atoms with E-state index in [4.69, 9.17) is 9.47 Å². The molecule has 1 heterocycles. The Morgan fingerprint density at radius 2 is 2.11 bits per heavy atom. The van der Waals surface area contributed by atoms with Crippen LogP contribution in [0.5, 0.6) is 5.75 Å². The highest BCUT2D eigenvalue weighted by atomic mass is 19.1. The van der Waals surface area contributed by atoms with Gasteiger partial charge < -0.3 is 14.5 Å². The maximum Gasteiger partial charge on any atom is 0.251 e. The number of methoxy groups -OCH3 is 2. The molecule has 5 nitrogen and oxygen atoms in total. The number of H-pyrrole nitrogens is 1. The number of rotatable bonds is 4. The van der Waals surface area contributed by atoms with E-state index in [0.717, 1.165) is 0 Å². The number of benzene rings is 1. The molecular weight excluding hydrogens is 251 g/mol. The fourth-order valence-corrected chi connectivity index (χ4v) is 1.73. The molecule has 0 aliphatic rings. The second kappa shape index (κ2) is 5.62. The van der Waals surface area contributed by atoms with Crippen LogP contribution in [0.25, 0.3) is 11.3 Å². The van der Waals surface area contributed by atoms with Crippen LogP contribution < -0.4 is 10.3 Å². The lowest BCUT2D eigenvalue weighted by Crippen LogP contribution is -2.12. The van der Waals surface area contributed by atoms with Crippen LogP contribution in [0, 0.1) is 5.82 Å². The van der Waals surface area contributed by atoms with Gasteiger partial charge >= 0.3 is 0 Å². The number of aromatic amines is 1. The quantitative estimate of drug-likeness (QED) is 0.913. The van der Waals surface area contributed by atoms with Crippen LogP contribution in [0.2, 0.25) is 0 Å². The molecule has 0 unspecified atom stereocenters. The minimum atomic E-state index is -0.425. The highest BCUT2D eigenvalue weighted by Gasteiger charge is 2.11. The summed E-state index contributed by atoms with van der Waals surface area (Å²) in [7, 11) is 2.97. The first-order valence-electron chi connectivity index (χ1n) is 5.57. The van der Waals surface area contributed by atoms with Crippen molar-refractivity contribution < 1.29 is 13.9 Å². The van der Waals surface area contributed by atoms with E-state index in [1.165, 1.54) is 38.5 Å². The first kappa shape index (κ1) is 13.2. The maximum atomic E-state index is 13.3. The summed E-state index contributed by atoms with van der Waals surface area (Å²) in [4.78, 5) is 18.3. The molecule has 0 spiro atoms. The van der Waals surface area contributed by atoms with E-state index in [9.17, 15) is 9.18 Å². The third kappa shape index (κ3) is 2.97. The van der Waals surface area contributed by atoms with Crippen LogP contribution in [0.3, 0.4) is 0 Å². The fourth-order valence-electron chi connectivity index (χ4n) is 1.73. The van der Waals surface area contributed by atoms with Gasteiger partial charge in [-0.25, -0.2) is 9.37 Å². The van der Waals surface area contributed by atoms with Crippen molar-refractivity contribution in [3.63, 3.8) is 0 Å². The van der Waals surface area contributed by atoms with Gasteiger partial charge in [0.1, 0.15) is 24.0 Å². The first-order chi connectivity index (χ1) is 9.13. The summed E-state index contributed by atoms with van der Waals surface area (Å²) in [6, 6.07) is 5.34. The summed E-state index contributed by atoms with van der Waals surface area (Å²) in [5.41, 5.74) is 0.432. The van der Waals surface area contributed by atoms with Gasteiger partial charge in [-0.3, -0.25) is 4.79 Å². The standard InChI is InChI=1S/C13H13FN2O3/c1-18-7-12-15-10(6-13(17)16-12)9-5-8(14)3-4-11(9)19-2/h3-6H,7H2,1-2H3,(H,15,16,17). The molecule has 0 atom stereocenters. The second-order valence-electron chi connectivity index (χ2n) is 3.85. The Kier molecular flexibility index (Phi) is 3.91. The molecule has 1 aromatic carbocycles. The molecule has 0 amide bonds. The number of nitrogens with one attached hydrogen (secondary N) is 1. The van der Waals surface area contributed by atoms with Gasteiger partial charge in [0, 0.05) is 18.7 Å². The van der Waals surface area contributed by atoms with Crippen LogP contribution in [-0.4, -0.2) is 24.2 Å².